The van der Waals surface area contributed by atoms with Crippen LogP contribution in [-0.2, 0) is 6.42 Å². The lowest BCUT2D eigenvalue weighted by molar-refractivity contribution is 0.0802. The van der Waals surface area contributed by atoms with Crippen molar-refractivity contribution in [2.75, 3.05) is 13.2 Å². The van der Waals surface area contributed by atoms with E-state index in [9.17, 15) is 19.1 Å². The molecule has 0 aliphatic heterocycles. The van der Waals surface area contributed by atoms with Crippen LogP contribution in [-0.4, -0.2) is 51.1 Å². The van der Waals surface area contributed by atoms with Crippen molar-refractivity contribution in [2.45, 2.75) is 19.4 Å². The van der Waals surface area contributed by atoms with Crippen LogP contribution >= 0.6 is 0 Å². The number of halogens is 1. The van der Waals surface area contributed by atoms with Crippen molar-refractivity contribution >= 4 is 11.7 Å². The number of ketones is 1. The predicted octanol–water partition coefficient (Wildman–Crippen LogP) is 3.82. The summed E-state index contributed by atoms with van der Waals surface area (Å²) >= 11 is 0. The van der Waals surface area contributed by atoms with Gasteiger partial charge < -0.3 is 25.3 Å². The summed E-state index contributed by atoms with van der Waals surface area (Å²) in [6.45, 7) is 1.33. The second-order valence-electron chi connectivity index (χ2n) is 8.55. The first-order chi connectivity index (χ1) is 17.8. The molecule has 0 aliphatic rings. The number of hydrogen-bond acceptors (Lipinski definition) is 6. The van der Waals surface area contributed by atoms with Crippen LogP contribution in [0.15, 0.2) is 73.1 Å². The summed E-state index contributed by atoms with van der Waals surface area (Å²) in [7, 11) is 0. The number of nitrogens with one attached hydrogen (secondary N) is 2. The topological polar surface area (TPSA) is 125 Å². The van der Waals surface area contributed by atoms with Crippen LogP contribution < -0.4 is 10.1 Å². The number of hydrogen-bond donors (Lipinski definition) is 4. The van der Waals surface area contributed by atoms with Gasteiger partial charge in [-0.05, 0) is 42.8 Å². The van der Waals surface area contributed by atoms with Crippen molar-refractivity contribution in [2.24, 2.45) is 0 Å². The standard InChI is InChI=1S/C28H26FN3O5/c1-17-5-6-24(29)19(9-17)12-27(35)18-3-2-4-22(10-18)37-23-7-8-30-26(13-23)25-11-20(14-31-25)28(36)32-15-21(34)16-33/h2-11,13-14,21,31,33-34H,12,15-16H2,1H3,(H,32,36). The molecule has 9 heteroatoms. The number of aliphatic hydroxyl groups is 2. The summed E-state index contributed by atoms with van der Waals surface area (Å²) < 4.78 is 20.0. The van der Waals surface area contributed by atoms with Gasteiger partial charge in [0.05, 0.1) is 29.7 Å². The Labute approximate surface area is 212 Å². The van der Waals surface area contributed by atoms with E-state index in [0.29, 0.717) is 39.6 Å². The maximum absolute atomic E-state index is 14.1. The zero-order valence-electron chi connectivity index (χ0n) is 20.1. The van der Waals surface area contributed by atoms with Crippen molar-refractivity contribution in [1.29, 1.82) is 0 Å². The molecule has 8 nitrogen and oxygen atoms in total. The lowest BCUT2D eigenvalue weighted by Crippen LogP contribution is -2.33. The summed E-state index contributed by atoms with van der Waals surface area (Å²) in [4.78, 5) is 32.3. The van der Waals surface area contributed by atoms with E-state index in [1.165, 1.54) is 12.3 Å². The van der Waals surface area contributed by atoms with Gasteiger partial charge in [-0.25, -0.2) is 4.39 Å². The predicted molar refractivity (Wildman–Crippen MR) is 135 cm³/mol. The summed E-state index contributed by atoms with van der Waals surface area (Å²) in [6, 6.07) is 16.3. The molecule has 0 saturated heterocycles. The van der Waals surface area contributed by atoms with Gasteiger partial charge in [-0.3, -0.25) is 14.6 Å². The van der Waals surface area contributed by atoms with E-state index < -0.39 is 24.4 Å². The number of pyridine rings is 1. The first kappa shape index (κ1) is 25.7. The van der Waals surface area contributed by atoms with Crippen LogP contribution in [0.25, 0.3) is 11.4 Å². The summed E-state index contributed by atoms with van der Waals surface area (Å²) in [5.74, 6) is -0.153. The molecular formula is C28H26FN3O5. The number of aliphatic hydroxyl groups excluding tert-OH is 2. The molecular weight excluding hydrogens is 477 g/mol. The number of carbonyl (C=O) groups is 2. The molecule has 2 aromatic carbocycles. The Bertz CT molecular complexity index is 1420. The van der Waals surface area contributed by atoms with Gasteiger partial charge in [0.2, 0.25) is 0 Å². The van der Waals surface area contributed by atoms with Gasteiger partial charge in [-0.1, -0.05) is 29.8 Å². The van der Waals surface area contributed by atoms with Gasteiger partial charge in [0, 0.05) is 37.0 Å². The molecule has 1 atom stereocenters. The minimum absolute atomic E-state index is 0.0575. The lowest BCUT2D eigenvalue weighted by atomic mass is 10.0. The molecule has 4 rings (SSSR count). The van der Waals surface area contributed by atoms with Gasteiger partial charge in [-0.15, -0.1) is 0 Å². The van der Waals surface area contributed by atoms with Crippen LogP contribution in [0, 0.1) is 12.7 Å². The monoisotopic (exact) mass is 503 g/mol. The second-order valence-corrected chi connectivity index (χ2v) is 8.55. The van der Waals surface area contributed by atoms with Crippen LogP contribution in [0.5, 0.6) is 11.5 Å². The van der Waals surface area contributed by atoms with E-state index in [-0.39, 0.29) is 18.7 Å². The van der Waals surface area contributed by atoms with Crippen molar-refractivity contribution in [3.8, 4) is 22.9 Å². The van der Waals surface area contributed by atoms with Crippen LogP contribution in [0.1, 0.15) is 31.8 Å². The number of aryl methyl sites for hydroxylation is 1. The number of H-pyrrole nitrogens is 1. The number of aromatic nitrogens is 2. The summed E-state index contributed by atoms with van der Waals surface area (Å²) in [5.41, 5.74) is 3.06. The Hall–Kier alpha value is -4.34. The number of carbonyl (C=O) groups excluding carboxylic acids is 2. The molecule has 1 unspecified atom stereocenters. The summed E-state index contributed by atoms with van der Waals surface area (Å²) in [5, 5.41) is 20.8. The zero-order valence-corrected chi connectivity index (χ0v) is 20.1. The van der Waals surface area contributed by atoms with Gasteiger partial charge >= 0.3 is 0 Å². The highest BCUT2D eigenvalue weighted by molar-refractivity contribution is 5.98. The van der Waals surface area contributed by atoms with Crippen molar-refractivity contribution < 1.29 is 28.9 Å². The normalized spacial score (nSPS) is 11.7. The third-order valence-corrected chi connectivity index (χ3v) is 5.61. The first-order valence-electron chi connectivity index (χ1n) is 11.6. The van der Waals surface area contributed by atoms with Crippen molar-refractivity contribution in [1.82, 2.24) is 15.3 Å². The molecule has 0 spiro atoms. The Morgan fingerprint density at radius 3 is 2.70 bits per heavy atom. The van der Waals surface area contributed by atoms with Crippen molar-refractivity contribution in [3.05, 3.63) is 101 Å². The molecule has 4 aromatic rings. The molecule has 37 heavy (non-hydrogen) atoms. The Morgan fingerprint density at radius 2 is 1.89 bits per heavy atom. The average Bonchev–Trinajstić information content (AvgIpc) is 3.40. The Balaban J connectivity index is 1.45. The van der Waals surface area contributed by atoms with E-state index in [1.54, 1.807) is 60.8 Å². The molecule has 0 saturated carbocycles. The second kappa shape index (κ2) is 11.6. The number of aromatic amines is 1. The number of amides is 1. The third kappa shape index (κ3) is 6.66. The Morgan fingerprint density at radius 1 is 1.08 bits per heavy atom. The van der Waals surface area contributed by atoms with Crippen LogP contribution in [0.4, 0.5) is 4.39 Å². The molecule has 0 radical (unpaired) electrons. The fraction of sp³-hybridized carbons (Fsp3) is 0.179. The van der Waals surface area contributed by atoms with Gasteiger partial charge in [-0.2, -0.15) is 0 Å². The third-order valence-electron chi connectivity index (χ3n) is 5.61. The van der Waals surface area contributed by atoms with Gasteiger partial charge in [0.25, 0.3) is 5.91 Å². The molecule has 190 valence electrons. The number of benzene rings is 2. The first-order valence-corrected chi connectivity index (χ1v) is 11.6. The highest BCUT2D eigenvalue weighted by atomic mass is 19.1. The van der Waals surface area contributed by atoms with E-state index in [1.807, 2.05) is 6.92 Å². The number of ether oxygens (including phenoxy) is 1. The quantitative estimate of drug-likeness (QED) is 0.244. The zero-order chi connectivity index (χ0) is 26.4. The minimum Gasteiger partial charge on any atom is -0.457 e. The molecule has 0 fully saturated rings. The summed E-state index contributed by atoms with van der Waals surface area (Å²) in [6.07, 6.45) is 1.98. The van der Waals surface area contributed by atoms with Gasteiger partial charge in [0.1, 0.15) is 17.3 Å². The number of nitrogens with zero attached hydrogens (tertiary/aromatic N) is 1. The molecule has 0 aliphatic carbocycles. The Kier molecular flexibility index (Phi) is 8.07. The average molecular weight is 504 g/mol. The fourth-order valence-electron chi connectivity index (χ4n) is 3.66. The van der Waals surface area contributed by atoms with Gasteiger partial charge in [0.15, 0.2) is 5.78 Å². The number of Topliss-reactive ketones (excluding diaryl/α,β-unsaturated/α-hetero) is 1. The molecule has 4 N–H and O–H groups in total. The van der Waals surface area contributed by atoms with E-state index in [2.05, 4.69) is 15.3 Å². The smallest absolute Gasteiger partial charge is 0.252 e. The molecule has 2 heterocycles. The highest BCUT2D eigenvalue weighted by Crippen LogP contribution is 2.27. The van der Waals surface area contributed by atoms with E-state index in [4.69, 9.17) is 9.84 Å². The molecule has 1 amide bonds. The fourth-order valence-corrected chi connectivity index (χ4v) is 3.66. The number of rotatable bonds is 10. The molecule has 2 aromatic heterocycles. The highest BCUT2D eigenvalue weighted by Gasteiger charge is 2.14. The maximum Gasteiger partial charge on any atom is 0.252 e. The maximum atomic E-state index is 14.1. The SMILES string of the molecule is Cc1ccc(F)c(CC(=O)c2cccc(Oc3ccnc(-c4cc(C(=O)NCC(O)CO)c[nH]4)c3)c2)c1. The largest absolute Gasteiger partial charge is 0.457 e. The lowest BCUT2D eigenvalue weighted by Gasteiger charge is -2.09. The van der Waals surface area contributed by atoms with E-state index in [0.717, 1.165) is 5.56 Å². The minimum atomic E-state index is -1.03. The molecule has 0 bridgehead atoms. The van der Waals surface area contributed by atoms with Crippen LogP contribution in [0.3, 0.4) is 0 Å². The van der Waals surface area contributed by atoms with Crippen molar-refractivity contribution in [3.63, 3.8) is 0 Å². The van der Waals surface area contributed by atoms with E-state index >= 15 is 0 Å². The van der Waals surface area contributed by atoms with Crippen LogP contribution in [0.2, 0.25) is 0 Å².